The van der Waals surface area contributed by atoms with Crippen molar-refractivity contribution in [3.8, 4) is 0 Å². The Morgan fingerprint density at radius 2 is 2.07 bits per heavy atom. The highest BCUT2D eigenvalue weighted by Crippen LogP contribution is 2.25. The maximum Gasteiger partial charge on any atom is 0.337 e. The topological polar surface area (TPSA) is 72.3 Å². The van der Waals surface area contributed by atoms with Gasteiger partial charge in [-0.3, -0.25) is 0 Å². The van der Waals surface area contributed by atoms with Gasteiger partial charge in [0.25, 0.3) is 0 Å². The van der Waals surface area contributed by atoms with E-state index in [0.717, 1.165) is 25.0 Å². The zero-order valence-corrected chi connectivity index (χ0v) is 8.66. The van der Waals surface area contributed by atoms with Gasteiger partial charge in [-0.25, -0.2) is 4.99 Å². The van der Waals surface area contributed by atoms with E-state index >= 15 is 0 Å². The highest BCUT2D eigenvalue weighted by Gasteiger charge is 2.12. The second kappa shape index (κ2) is 5.36. The largest absolute Gasteiger partial charge is 0.428 e. The summed E-state index contributed by atoms with van der Waals surface area (Å²) in [5.74, 6) is 5.89. The maximum absolute atomic E-state index is 5.48. The van der Waals surface area contributed by atoms with Crippen LogP contribution in [0.4, 0.5) is 0 Å². The lowest BCUT2D eigenvalue weighted by molar-refractivity contribution is 0.357. The van der Waals surface area contributed by atoms with Crippen molar-refractivity contribution in [1.82, 2.24) is 0 Å². The van der Waals surface area contributed by atoms with Gasteiger partial charge in [-0.15, -0.1) is 0 Å². The summed E-state index contributed by atoms with van der Waals surface area (Å²) in [4.78, 5) is 3.83. The van der Waals surface area contributed by atoms with Crippen LogP contribution in [0.1, 0.15) is 32.6 Å². The lowest BCUT2D eigenvalue weighted by atomic mass is 9.99. The fourth-order valence-electron chi connectivity index (χ4n) is 1.44. The lowest BCUT2D eigenvalue weighted by Gasteiger charge is -2.16. The van der Waals surface area contributed by atoms with Gasteiger partial charge in [0, 0.05) is 13.5 Å². The smallest absolute Gasteiger partial charge is 0.337 e. The van der Waals surface area contributed by atoms with E-state index in [-0.39, 0.29) is 6.02 Å². The predicted molar refractivity (Wildman–Crippen MR) is 54.7 cm³/mol. The number of amidine groups is 1. The summed E-state index contributed by atoms with van der Waals surface area (Å²) in [6, 6.07) is 0.226. The van der Waals surface area contributed by atoms with Crippen LogP contribution in [0.25, 0.3) is 0 Å². The first-order valence-corrected chi connectivity index (χ1v) is 4.72. The molecule has 1 aliphatic rings. The first-order chi connectivity index (χ1) is 6.77. The third-order valence-corrected chi connectivity index (χ3v) is 2.23. The van der Waals surface area contributed by atoms with Crippen molar-refractivity contribution in [2.24, 2.45) is 21.2 Å². The van der Waals surface area contributed by atoms with Crippen LogP contribution in [0.5, 0.6) is 0 Å². The van der Waals surface area contributed by atoms with Crippen LogP contribution in [0.2, 0.25) is 0 Å². The SMILES string of the molecule is C/N=C(/N=NN)OC1=C(C)CCCC1. The molecule has 5 heteroatoms. The van der Waals surface area contributed by atoms with Gasteiger partial charge in [0.15, 0.2) is 0 Å². The Hall–Kier alpha value is -1.39. The predicted octanol–water partition coefficient (Wildman–Crippen LogP) is 2.16. The average Bonchev–Trinajstić information content (AvgIpc) is 2.20. The average molecular weight is 196 g/mol. The third-order valence-electron chi connectivity index (χ3n) is 2.23. The number of aliphatic imine (C=N–C) groups is 1. The lowest BCUT2D eigenvalue weighted by Crippen LogP contribution is -2.07. The van der Waals surface area contributed by atoms with E-state index in [9.17, 15) is 0 Å². The molecule has 5 nitrogen and oxygen atoms in total. The molecule has 0 radical (unpaired) electrons. The number of ether oxygens (including phenoxy) is 1. The highest BCUT2D eigenvalue weighted by molar-refractivity contribution is 5.74. The van der Waals surface area contributed by atoms with Crippen molar-refractivity contribution < 1.29 is 4.74 Å². The molecule has 0 amide bonds. The fourth-order valence-corrected chi connectivity index (χ4v) is 1.44. The van der Waals surface area contributed by atoms with Crippen molar-refractivity contribution in [2.45, 2.75) is 32.6 Å². The van der Waals surface area contributed by atoms with Crippen molar-refractivity contribution in [1.29, 1.82) is 0 Å². The van der Waals surface area contributed by atoms with Crippen molar-refractivity contribution in [2.75, 3.05) is 7.05 Å². The summed E-state index contributed by atoms with van der Waals surface area (Å²) in [5, 5.41) is 6.71. The quantitative estimate of drug-likeness (QED) is 0.229. The summed E-state index contributed by atoms with van der Waals surface area (Å²) in [6.45, 7) is 2.07. The normalized spacial score (nSPS) is 19.1. The molecule has 2 N–H and O–H groups in total. The number of hydrogen-bond acceptors (Lipinski definition) is 3. The van der Waals surface area contributed by atoms with Crippen LogP contribution in [0.15, 0.2) is 26.7 Å². The van der Waals surface area contributed by atoms with Gasteiger partial charge in [-0.1, -0.05) is 10.3 Å². The summed E-state index contributed by atoms with van der Waals surface area (Å²) >= 11 is 0. The van der Waals surface area contributed by atoms with E-state index in [4.69, 9.17) is 10.6 Å². The number of allylic oxidation sites excluding steroid dienone is 2. The molecule has 1 aliphatic carbocycles. The summed E-state index contributed by atoms with van der Waals surface area (Å²) < 4.78 is 5.48. The molecule has 0 aromatic carbocycles. The van der Waals surface area contributed by atoms with E-state index in [1.54, 1.807) is 7.05 Å². The molecule has 0 bridgehead atoms. The zero-order chi connectivity index (χ0) is 10.4. The summed E-state index contributed by atoms with van der Waals surface area (Å²) in [5.41, 5.74) is 1.27. The summed E-state index contributed by atoms with van der Waals surface area (Å²) in [6.07, 6.45) is 4.43. The summed E-state index contributed by atoms with van der Waals surface area (Å²) in [7, 11) is 1.60. The first kappa shape index (κ1) is 10.7. The Balaban J connectivity index is 2.66. The minimum atomic E-state index is 0.226. The van der Waals surface area contributed by atoms with Gasteiger partial charge in [-0.05, 0) is 31.8 Å². The Morgan fingerprint density at radius 3 is 2.64 bits per heavy atom. The third kappa shape index (κ3) is 2.83. The molecule has 0 spiro atoms. The second-order valence-corrected chi connectivity index (χ2v) is 3.23. The Kier molecular flexibility index (Phi) is 4.10. The highest BCUT2D eigenvalue weighted by atomic mass is 16.5. The molecule has 0 heterocycles. The molecule has 0 aromatic heterocycles. The number of nitrogens with zero attached hydrogens (tertiary/aromatic N) is 3. The van der Waals surface area contributed by atoms with Crippen LogP contribution in [0.3, 0.4) is 0 Å². The maximum atomic E-state index is 5.48. The minimum Gasteiger partial charge on any atom is -0.428 e. The molecule has 0 saturated heterocycles. The Labute approximate surface area is 83.7 Å². The molecule has 1 rings (SSSR count). The molecule has 0 aliphatic heterocycles. The molecule has 0 fully saturated rings. The van der Waals surface area contributed by atoms with Crippen LogP contribution in [-0.4, -0.2) is 13.1 Å². The molecule has 0 saturated carbocycles. The molecular weight excluding hydrogens is 180 g/mol. The Bertz CT molecular complexity index is 281. The van der Waals surface area contributed by atoms with Crippen LogP contribution < -0.4 is 5.84 Å². The van der Waals surface area contributed by atoms with Gasteiger partial charge < -0.3 is 10.6 Å². The van der Waals surface area contributed by atoms with Crippen LogP contribution in [0, 0.1) is 0 Å². The second-order valence-electron chi connectivity index (χ2n) is 3.23. The van der Waals surface area contributed by atoms with E-state index < -0.39 is 0 Å². The van der Waals surface area contributed by atoms with Crippen molar-refractivity contribution in [3.63, 3.8) is 0 Å². The molecule has 0 aromatic rings. The van der Waals surface area contributed by atoms with Crippen molar-refractivity contribution >= 4 is 6.02 Å². The molecule has 0 atom stereocenters. The Morgan fingerprint density at radius 1 is 1.36 bits per heavy atom. The van der Waals surface area contributed by atoms with Gasteiger partial charge >= 0.3 is 6.02 Å². The van der Waals surface area contributed by atoms with Crippen LogP contribution in [-0.2, 0) is 4.74 Å². The number of rotatable bonds is 1. The standard InChI is InChI=1S/C9H16N4O/c1-7-5-3-4-6-8(7)14-9(11-2)12-13-10/h3-6H2,1-2H3,(H2,10,11,12). The number of hydrogen-bond donors (Lipinski definition) is 1. The van der Waals surface area contributed by atoms with E-state index in [2.05, 4.69) is 22.3 Å². The van der Waals surface area contributed by atoms with Gasteiger partial charge in [0.05, 0.1) is 0 Å². The monoisotopic (exact) mass is 196 g/mol. The molecule has 14 heavy (non-hydrogen) atoms. The van der Waals surface area contributed by atoms with Gasteiger partial charge in [0.1, 0.15) is 5.76 Å². The number of nitrogens with two attached hydrogens (primary N) is 1. The fraction of sp³-hybridized carbons (Fsp3) is 0.667. The van der Waals surface area contributed by atoms with Crippen molar-refractivity contribution in [3.05, 3.63) is 11.3 Å². The molecule has 0 unspecified atom stereocenters. The van der Waals surface area contributed by atoms with E-state index in [1.165, 1.54) is 12.0 Å². The minimum absolute atomic E-state index is 0.226. The van der Waals surface area contributed by atoms with Gasteiger partial charge in [0.2, 0.25) is 0 Å². The van der Waals surface area contributed by atoms with Crippen LogP contribution >= 0.6 is 0 Å². The molecule has 78 valence electrons. The molecular formula is C9H16N4O. The zero-order valence-electron chi connectivity index (χ0n) is 8.66. The van der Waals surface area contributed by atoms with Gasteiger partial charge in [-0.2, -0.15) is 0 Å². The van der Waals surface area contributed by atoms with E-state index in [0.29, 0.717) is 0 Å². The van der Waals surface area contributed by atoms with E-state index in [1.807, 2.05) is 0 Å². The first-order valence-electron chi connectivity index (χ1n) is 4.72.